The second-order valence-corrected chi connectivity index (χ2v) is 5.61. The third-order valence-electron chi connectivity index (χ3n) is 3.74. The molecular formula is C18H22N4O3. The van der Waals surface area contributed by atoms with Gasteiger partial charge in [0, 0.05) is 25.7 Å². The molecule has 1 atom stereocenters. The Labute approximate surface area is 146 Å². The standard InChI is InChI=1S/C18H22N4O3/c1-2-13(20-11-15-5-3-7-16(12-23)21-15)9-19-10-14-6-4-8-17(22-14)18(24)25/h3-8,12-13,19-20H,2,9-11H2,1H3,(H,24,25). The van der Waals surface area contributed by atoms with Crippen LogP contribution in [-0.2, 0) is 13.1 Å². The molecule has 0 radical (unpaired) electrons. The van der Waals surface area contributed by atoms with Crippen molar-refractivity contribution in [3.63, 3.8) is 0 Å². The van der Waals surface area contributed by atoms with E-state index in [1.54, 1.807) is 18.2 Å². The Balaban J connectivity index is 1.80. The number of carboxylic acids is 1. The SMILES string of the molecule is CCC(CNCc1cccc(C(=O)O)n1)NCc1cccc(C=O)n1. The number of nitrogens with one attached hydrogen (secondary N) is 2. The summed E-state index contributed by atoms with van der Waals surface area (Å²) >= 11 is 0. The van der Waals surface area contributed by atoms with Crippen LogP contribution in [0.5, 0.6) is 0 Å². The normalized spacial score (nSPS) is 11.9. The number of hydrogen-bond acceptors (Lipinski definition) is 6. The van der Waals surface area contributed by atoms with Crippen LogP contribution in [0.4, 0.5) is 0 Å². The largest absolute Gasteiger partial charge is 0.477 e. The molecule has 0 saturated carbocycles. The Hall–Kier alpha value is -2.64. The first-order valence-corrected chi connectivity index (χ1v) is 8.16. The highest BCUT2D eigenvalue weighted by molar-refractivity contribution is 5.85. The van der Waals surface area contributed by atoms with E-state index in [9.17, 15) is 9.59 Å². The summed E-state index contributed by atoms with van der Waals surface area (Å²) < 4.78 is 0. The van der Waals surface area contributed by atoms with Crippen LogP contribution in [0.1, 0.15) is 45.7 Å². The molecule has 0 bridgehead atoms. The molecule has 3 N–H and O–H groups in total. The van der Waals surface area contributed by atoms with E-state index in [4.69, 9.17) is 5.11 Å². The maximum atomic E-state index is 10.9. The van der Waals surface area contributed by atoms with Gasteiger partial charge in [0.2, 0.25) is 0 Å². The summed E-state index contributed by atoms with van der Waals surface area (Å²) in [5, 5.41) is 15.6. The molecule has 0 aliphatic heterocycles. The molecule has 0 aliphatic rings. The molecule has 2 rings (SSSR count). The lowest BCUT2D eigenvalue weighted by Crippen LogP contribution is -2.38. The number of rotatable bonds is 10. The van der Waals surface area contributed by atoms with Gasteiger partial charge >= 0.3 is 5.97 Å². The lowest BCUT2D eigenvalue weighted by Gasteiger charge is -2.17. The number of carboxylic acid groups (broad SMARTS) is 1. The van der Waals surface area contributed by atoms with E-state index in [1.807, 2.05) is 12.1 Å². The number of aromatic nitrogens is 2. The lowest BCUT2D eigenvalue weighted by molar-refractivity contribution is 0.0690. The van der Waals surface area contributed by atoms with Crippen molar-refractivity contribution in [3.05, 3.63) is 59.2 Å². The van der Waals surface area contributed by atoms with Gasteiger partial charge in [0.25, 0.3) is 0 Å². The molecule has 2 heterocycles. The number of nitrogens with zero attached hydrogens (tertiary/aromatic N) is 2. The van der Waals surface area contributed by atoms with Crippen LogP contribution in [0.15, 0.2) is 36.4 Å². The lowest BCUT2D eigenvalue weighted by atomic mass is 10.2. The van der Waals surface area contributed by atoms with Crippen molar-refractivity contribution in [1.82, 2.24) is 20.6 Å². The van der Waals surface area contributed by atoms with Gasteiger partial charge in [0.1, 0.15) is 11.4 Å². The molecule has 7 nitrogen and oxygen atoms in total. The van der Waals surface area contributed by atoms with Gasteiger partial charge in [-0.3, -0.25) is 4.79 Å². The Morgan fingerprint density at radius 3 is 2.56 bits per heavy atom. The van der Waals surface area contributed by atoms with Crippen molar-refractivity contribution >= 4 is 12.3 Å². The average molecular weight is 342 g/mol. The molecule has 7 heteroatoms. The van der Waals surface area contributed by atoms with E-state index in [2.05, 4.69) is 27.5 Å². The molecule has 0 fully saturated rings. The third kappa shape index (κ3) is 6.06. The minimum atomic E-state index is -1.03. The first-order valence-electron chi connectivity index (χ1n) is 8.16. The summed E-state index contributed by atoms with van der Waals surface area (Å²) in [5.74, 6) is -1.03. The van der Waals surface area contributed by atoms with E-state index in [0.29, 0.717) is 31.0 Å². The van der Waals surface area contributed by atoms with Crippen LogP contribution in [0.25, 0.3) is 0 Å². The summed E-state index contributed by atoms with van der Waals surface area (Å²) in [7, 11) is 0. The van der Waals surface area contributed by atoms with Gasteiger partial charge in [-0.2, -0.15) is 0 Å². The fourth-order valence-corrected chi connectivity index (χ4v) is 2.34. The van der Waals surface area contributed by atoms with Crippen molar-refractivity contribution < 1.29 is 14.7 Å². The molecule has 132 valence electrons. The molecule has 0 aliphatic carbocycles. The Morgan fingerprint density at radius 1 is 1.16 bits per heavy atom. The van der Waals surface area contributed by atoms with Gasteiger partial charge in [0.15, 0.2) is 6.29 Å². The number of hydrogen-bond donors (Lipinski definition) is 3. The van der Waals surface area contributed by atoms with E-state index in [1.165, 1.54) is 6.07 Å². The minimum Gasteiger partial charge on any atom is -0.477 e. The maximum absolute atomic E-state index is 10.9. The molecule has 0 aromatic carbocycles. The minimum absolute atomic E-state index is 0.0469. The van der Waals surface area contributed by atoms with Gasteiger partial charge in [-0.05, 0) is 30.7 Å². The maximum Gasteiger partial charge on any atom is 0.354 e. The first-order chi connectivity index (χ1) is 12.1. The Bertz CT molecular complexity index is 721. The van der Waals surface area contributed by atoms with Gasteiger partial charge < -0.3 is 15.7 Å². The highest BCUT2D eigenvalue weighted by Crippen LogP contribution is 2.01. The summed E-state index contributed by atoms with van der Waals surface area (Å²) in [6.45, 7) is 3.87. The van der Waals surface area contributed by atoms with Gasteiger partial charge in [-0.1, -0.05) is 19.1 Å². The monoisotopic (exact) mass is 342 g/mol. The summed E-state index contributed by atoms with van der Waals surface area (Å²) in [4.78, 5) is 30.0. The number of aromatic carboxylic acids is 1. The fourth-order valence-electron chi connectivity index (χ4n) is 2.34. The smallest absolute Gasteiger partial charge is 0.354 e. The van der Waals surface area contributed by atoms with Crippen LogP contribution < -0.4 is 10.6 Å². The average Bonchev–Trinajstić information content (AvgIpc) is 2.64. The fraction of sp³-hybridized carbons (Fsp3) is 0.333. The van der Waals surface area contributed by atoms with Crippen LogP contribution in [0.3, 0.4) is 0 Å². The van der Waals surface area contributed by atoms with Gasteiger partial charge in [-0.25, -0.2) is 14.8 Å². The molecular weight excluding hydrogens is 320 g/mol. The van der Waals surface area contributed by atoms with Gasteiger partial charge in [-0.15, -0.1) is 0 Å². The van der Waals surface area contributed by atoms with E-state index < -0.39 is 5.97 Å². The molecule has 2 aromatic heterocycles. The van der Waals surface area contributed by atoms with E-state index in [0.717, 1.165) is 18.4 Å². The second-order valence-electron chi connectivity index (χ2n) is 5.61. The zero-order valence-corrected chi connectivity index (χ0v) is 14.1. The number of pyridine rings is 2. The van der Waals surface area contributed by atoms with E-state index >= 15 is 0 Å². The predicted molar refractivity (Wildman–Crippen MR) is 93.4 cm³/mol. The Kier molecular flexibility index (Phi) is 7.18. The molecule has 0 spiro atoms. The highest BCUT2D eigenvalue weighted by Gasteiger charge is 2.08. The van der Waals surface area contributed by atoms with Crippen LogP contribution in [-0.4, -0.2) is 39.9 Å². The van der Waals surface area contributed by atoms with Crippen molar-refractivity contribution in [1.29, 1.82) is 0 Å². The van der Waals surface area contributed by atoms with Gasteiger partial charge in [0.05, 0.1) is 11.4 Å². The van der Waals surface area contributed by atoms with Crippen molar-refractivity contribution in [2.75, 3.05) is 6.54 Å². The van der Waals surface area contributed by atoms with E-state index in [-0.39, 0.29) is 11.7 Å². The van der Waals surface area contributed by atoms with Crippen LogP contribution in [0.2, 0.25) is 0 Å². The highest BCUT2D eigenvalue weighted by atomic mass is 16.4. The van der Waals surface area contributed by atoms with Crippen molar-refractivity contribution in [2.24, 2.45) is 0 Å². The zero-order valence-electron chi connectivity index (χ0n) is 14.1. The molecule has 2 aromatic rings. The quantitative estimate of drug-likeness (QED) is 0.564. The first kappa shape index (κ1) is 18.7. The van der Waals surface area contributed by atoms with Crippen molar-refractivity contribution in [2.45, 2.75) is 32.5 Å². The van der Waals surface area contributed by atoms with Crippen LogP contribution >= 0.6 is 0 Å². The number of aldehydes is 1. The topological polar surface area (TPSA) is 104 Å². The van der Waals surface area contributed by atoms with Crippen LogP contribution in [0, 0.1) is 0 Å². The molecule has 25 heavy (non-hydrogen) atoms. The zero-order chi connectivity index (χ0) is 18.1. The molecule has 0 amide bonds. The second kappa shape index (κ2) is 9.61. The number of carbonyl (C=O) groups is 2. The third-order valence-corrected chi connectivity index (χ3v) is 3.74. The summed E-state index contributed by atoms with van der Waals surface area (Å²) in [6.07, 6.45) is 1.66. The Morgan fingerprint density at radius 2 is 1.88 bits per heavy atom. The predicted octanol–water partition coefficient (Wildman–Crippen LogP) is 1.65. The summed E-state index contributed by atoms with van der Waals surface area (Å²) in [5.41, 5.74) is 1.98. The summed E-state index contributed by atoms with van der Waals surface area (Å²) in [6, 6.07) is 10.5. The number of carbonyl (C=O) groups excluding carboxylic acids is 1. The molecule has 1 unspecified atom stereocenters. The molecule has 0 saturated heterocycles. The van der Waals surface area contributed by atoms with Crippen molar-refractivity contribution in [3.8, 4) is 0 Å².